The van der Waals surface area contributed by atoms with Crippen molar-refractivity contribution in [2.75, 3.05) is 29.9 Å². The number of piperidine rings is 1. The van der Waals surface area contributed by atoms with Gasteiger partial charge in [-0.3, -0.25) is 9.59 Å². The Kier molecular flexibility index (Phi) is 6.50. The number of nitrogens with one attached hydrogen (secondary N) is 2. The molecule has 0 atom stereocenters. The number of halogens is 3. The van der Waals surface area contributed by atoms with Crippen LogP contribution in [0.5, 0.6) is 0 Å². The van der Waals surface area contributed by atoms with Gasteiger partial charge >= 0.3 is 0 Å². The number of benzene rings is 1. The van der Waals surface area contributed by atoms with E-state index in [1.165, 1.54) is 4.88 Å². The molecule has 3 aromatic rings. The standard InChI is InChI=1S/C22H22F3N5O2S/c1-11-12(2)33-22-17(11)20(27-10-28-22)30-7-5-13(6-8-30)21(32)26-9-16(31)29-15-4-3-14(23)18(24)19(15)25/h3-4,10,13H,5-9H2,1-2H3,(H,26,32)(H,29,31). The van der Waals surface area contributed by atoms with Crippen molar-refractivity contribution >= 4 is 44.9 Å². The van der Waals surface area contributed by atoms with E-state index < -0.39 is 35.6 Å². The van der Waals surface area contributed by atoms with Crippen LogP contribution in [0.15, 0.2) is 18.5 Å². The van der Waals surface area contributed by atoms with E-state index in [-0.39, 0.29) is 11.8 Å². The van der Waals surface area contributed by atoms with E-state index in [9.17, 15) is 22.8 Å². The molecule has 4 rings (SSSR count). The number of nitrogens with zero attached hydrogens (tertiary/aromatic N) is 3. The van der Waals surface area contributed by atoms with Gasteiger partial charge in [-0.25, -0.2) is 23.1 Å². The molecule has 0 saturated carbocycles. The Morgan fingerprint density at radius 3 is 2.58 bits per heavy atom. The Balaban J connectivity index is 1.31. The van der Waals surface area contributed by atoms with E-state index in [2.05, 4.69) is 39.3 Å². The normalized spacial score (nSPS) is 14.5. The summed E-state index contributed by atoms with van der Waals surface area (Å²) in [7, 11) is 0. The smallest absolute Gasteiger partial charge is 0.243 e. The van der Waals surface area contributed by atoms with Gasteiger partial charge in [-0.15, -0.1) is 11.3 Å². The van der Waals surface area contributed by atoms with E-state index in [1.807, 2.05) is 0 Å². The van der Waals surface area contributed by atoms with E-state index in [0.717, 1.165) is 27.7 Å². The lowest BCUT2D eigenvalue weighted by molar-refractivity contribution is -0.127. The number of anilines is 2. The predicted octanol–water partition coefficient (Wildman–Crippen LogP) is 3.70. The largest absolute Gasteiger partial charge is 0.356 e. The van der Waals surface area contributed by atoms with E-state index in [4.69, 9.17) is 0 Å². The SMILES string of the molecule is Cc1sc2ncnc(N3CCC(C(=O)NCC(=O)Nc4ccc(F)c(F)c4F)CC3)c2c1C. The third-order valence-electron chi connectivity index (χ3n) is 5.84. The second-order valence-electron chi connectivity index (χ2n) is 7.91. The third-order valence-corrected chi connectivity index (χ3v) is 6.96. The molecule has 1 saturated heterocycles. The van der Waals surface area contributed by atoms with Gasteiger partial charge in [0.05, 0.1) is 17.6 Å². The first-order valence-electron chi connectivity index (χ1n) is 10.4. The second kappa shape index (κ2) is 9.34. The molecule has 0 unspecified atom stereocenters. The fraction of sp³-hybridized carbons (Fsp3) is 0.364. The average Bonchev–Trinajstić information content (AvgIpc) is 3.11. The Morgan fingerprint density at radius 2 is 1.85 bits per heavy atom. The van der Waals surface area contributed by atoms with Crippen LogP contribution in [0.3, 0.4) is 0 Å². The number of aromatic nitrogens is 2. The average molecular weight is 478 g/mol. The number of hydrogen-bond acceptors (Lipinski definition) is 6. The molecule has 0 spiro atoms. The van der Waals surface area contributed by atoms with Gasteiger partial charge in [0, 0.05) is 23.9 Å². The van der Waals surface area contributed by atoms with Crippen LogP contribution in [0.25, 0.3) is 10.2 Å². The number of carbonyl (C=O) groups is 2. The molecular formula is C22H22F3N5O2S. The van der Waals surface area contributed by atoms with Crippen LogP contribution in [-0.2, 0) is 9.59 Å². The number of carbonyl (C=O) groups excluding carboxylic acids is 2. The van der Waals surface area contributed by atoms with Crippen LogP contribution in [-0.4, -0.2) is 41.4 Å². The zero-order valence-electron chi connectivity index (χ0n) is 18.0. The minimum absolute atomic E-state index is 0.281. The Hall–Kier alpha value is -3.21. The Bertz CT molecular complexity index is 1220. The summed E-state index contributed by atoms with van der Waals surface area (Å²) in [5, 5.41) is 5.71. The first-order valence-corrected chi connectivity index (χ1v) is 11.2. The highest BCUT2D eigenvalue weighted by molar-refractivity contribution is 7.18. The molecule has 1 fully saturated rings. The van der Waals surface area contributed by atoms with Crippen LogP contribution in [0, 0.1) is 37.2 Å². The van der Waals surface area contributed by atoms with Crippen LogP contribution in [0.4, 0.5) is 24.7 Å². The van der Waals surface area contributed by atoms with Crippen LogP contribution in [0.2, 0.25) is 0 Å². The van der Waals surface area contributed by atoms with Crippen molar-refractivity contribution in [2.24, 2.45) is 5.92 Å². The quantitative estimate of drug-likeness (QED) is 0.548. The van der Waals surface area contributed by atoms with Gasteiger partial charge in [0.1, 0.15) is 17.0 Å². The van der Waals surface area contributed by atoms with Crippen molar-refractivity contribution in [3.63, 3.8) is 0 Å². The summed E-state index contributed by atoms with van der Waals surface area (Å²) in [6.07, 6.45) is 2.72. The zero-order valence-corrected chi connectivity index (χ0v) is 18.9. The molecule has 7 nitrogen and oxygen atoms in total. The fourth-order valence-corrected chi connectivity index (χ4v) is 4.88. The summed E-state index contributed by atoms with van der Waals surface area (Å²) < 4.78 is 40.0. The van der Waals surface area contributed by atoms with Gasteiger partial charge in [0.2, 0.25) is 11.8 Å². The molecular weight excluding hydrogens is 455 g/mol. The number of rotatable bonds is 5. The summed E-state index contributed by atoms with van der Waals surface area (Å²) in [5.74, 6) is -4.94. The second-order valence-corrected chi connectivity index (χ2v) is 9.11. The van der Waals surface area contributed by atoms with Crippen molar-refractivity contribution in [1.29, 1.82) is 0 Å². The molecule has 1 aromatic carbocycles. The summed E-state index contributed by atoms with van der Waals surface area (Å²) in [6, 6.07) is 1.63. The van der Waals surface area contributed by atoms with E-state index in [1.54, 1.807) is 17.7 Å². The lowest BCUT2D eigenvalue weighted by atomic mass is 9.95. The highest BCUT2D eigenvalue weighted by Crippen LogP contribution is 2.35. The van der Waals surface area contributed by atoms with Crippen molar-refractivity contribution in [3.05, 3.63) is 46.4 Å². The molecule has 11 heteroatoms. The molecule has 1 aliphatic heterocycles. The van der Waals surface area contributed by atoms with Crippen molar-refractivity contribution in [2.45, 2.75) is 26.7 Å². The van der Waals surface area contributed by atoms with Gasteiger partial charge in [-0.05, 0) is 44.4 Å². The monoisotopic (exact) mass is 477 g/mol. The topological polar surface area (TPSA) is 87.2 Å². The minimum atomic E-state index is -1.67. The van der Waals surface area contributed by atoms with Crippen molar-refractivity contribution in [1.82, 2.24) is 15.3 Å². The van der Waals surface area contributed by atoms with Crippen molar-refractivity contribution < 1.29 is 22.8 Å². The maximum Gasteiger partial charge on any atom is 0.243 e. The number of aryl methyl sites for hydroxylation is 2. The first-order chi connectivity index (χ1) is 15.8. The third kappa shape index (κ3) is 4.63. The summed E-state index contributed by atoms with van der Waals surface area (Å²) in [5.41, 5.74) is 0.672. The maximum absolute atomic E-state index is 13.7. The lowest BCUT2D eigenvalue weighted by Crippen LogP contribution is -2.43. The summed E-state index contributed by atoms with van der Waals surface area (Å²) in [4.78, 5) is 37.7. The van der Waals surface area contributed by atoms with Gasteiger partial charge < -0.3 is 15.5 Å². The van der Waals surface area contributed by atoms with Gasteiger partial charge in [0.25, 0.3) is 0 Å². The first kappa shape index (κ1) is 23.0. The molecule has 0 aliphatic carbocycles. The lowest BCUT2D eigenvalue weighted by Gasteiger charge is -2.32. The molecule has 2 amide bonds. The minimum Gasteiger partial charge on any atom is -0.356 e. The van der Waals surface area contributed by atoms with Crippen LogP contribution >= 0.6 is 11.3 Å². The molecule has 33 heavy (non-hydrogen) atoms. The number of hydrogen-bond donors (Lipinski definition) is 2. The number of thiophene rings is 1. The van der Waals surface area contributed by atoms with Gasteiger partial charge in [0.15, 0.2) is 17.5 Å². The number of amides is 2. The molecule has 174 valence electrons. The molecule has 1 aliphatic rings. The van der Waals surface area contributed by atoms with Gasteiger partial charge in [-0.1, -0.05) is 0 Å². The Morgan fingerprint density at radius 1 is 1.12 bits per heavy atom. The summed E-state index contributed by atoms with van der Waals surface area (Å²) >= 11 is 1.63. The van der Waals surface area contributed by atoms with E-state index >= 15 is 0 Å². The van der Waals surface area contributed by atoms with Crippen molar-refractivity contribution in [3.8, 4) is 0 Å². The molecule has 0 radical (unpaired) electrons. The summed E-state index contributed by atoms with van der Waals surface area (Å²) in [6.45, 7) is 4.96. The zero-order chi connectivity index (χ0) is 23.7. The maximum atomic E-state index is 13.7. The van der Waals surface area contributed by atoms with Crippen LogP contribution in [0.1, 0.15) is 23.3 Å². The van der Waals surface area contributed by atoms with E-state index in [0.29, 0.717) is 32.0 Å². The highest BCUT2D eigenvalue weighted by atomic mass is 32.1. The fourth-order valence-electron chi connectivity index (χ4n) is 3.89. The molecule has 3 heterocycles. The van der Waals surface area contributed by atoms with Gasteiger partial charge in [-0.2, -0.15) is 0 Å². The molecule has 0 bridgehead atoms. The highest BCUT2D eigenvalue weighted by Gasteiger charge is 2.27. The predicted molar refractivity (Wildman–Crippen MR) is 120 cm³/mol. The number of fused-ring (bicyclic) bond motifs is 1. The van der Waals surface area contributed by atoms with Crippen LogP contribution < -0.4 is 15.5 Å². The molecule has 2 aromatic heterocycles. The molecule has 2 N–H and O–H groups in total. The Labute approximate surface area is 192 Å².